The van der Waals surface area contributed by atoms with Crippen LogP contribution in [0.15, 0.2) is 30.6 Å². The normalized spacial score (nSPS) is 11.7. The van der Waals surface area contributed by atoms with Gasteiger partial charge in [-0.3, -0.25) is 14.6 Å². The first-order valence-electron chi connectivity index (χ1n) is 8.07. The van der Waals surface area contributed by atoms with Gasteiger partial charge in [0, 0.05) is 18.0 Å². The number of carbonyl (C=O) groups is 2. The number of halogens is 1. The average molecular weight is 391 g/mol. The minimum atomic E-state index is -0.707. The highest BCUT2D eigenvalue weighted by atomic mass is 35.5. The lowest BCUT2D eigenvalue weighted by Crippen LogP contribution is -2.47. The maximum Gasteiger partial charge on any atom is 0.262 e. The van der Waals surface area contributed by atoms with Crippen molar-refractivity contribution < 1.29 is 9.59 Å². The van der Waals surface area contributed by atoms with Gasteiger partial charge in [-0.25, -0.2) is 0 Å². The number of amides is 2. The van der Waals surface area contributed by atoms with Crippen molar-refractivity contribution in [3.63, 3.8) is 0 Å². The third-order valence-corrected chi connectivity index (χ3v) is 4.93. The van der Waals surface area contributed by atoms with Crippen LogP contribution in [0.25, 0.3) is 11.1 Å². The van der Waals surface area contributed by atoms with Gasteiger partial charge in [0.15, 0.2) is 0 Å². The standard InChI is InChI=1S/C18H19ClN4O2S/c1-11(2)9-14(17(24)22-8-5-20)23-18(25)15-10-13(16(19)26-15)12-3-6-21-7-4-12/h3-4,6-7,10-11,14H,8-9H2,1-2H3,(H,22,24)(H,23,25)/t14-/m0/s1. The zero-order valence-corrected chi connectivity index (χ0v) is 16.0. The summed E-state index contributed by atoms with van der Waals surface area (Å²) in [4.78, 5) is 29.2. The number of carbonyl (C=O) groups excluding carboxylic acids is 2. The third kappa shape index (κ3) is 5.28. The van der Waals surface area contributed by atoms with Crippen molar-refractivity contribution in [3.8, 4) is 17.2 Å². The largest absolute Gasteiger partial charge is 0.341 e. The van der Waals surface area contributed by atoms with Crippen molar-refractivity contribution >= 4 is 34.8 Å². The second-order valence-corrected chi connectivity index (χ2v) is 7.72. The summed E-state index contributed by atoms with van der Waals surface area (Å²) in [6.45, 7) is 3.82. The van der Waals surface area contributed by atoms with Crippen molar-refractivity contribution in [2.75, 3.05) is 6.54 Å². The second-order valence-electron chi connectivity index (χ2n) is 6.07. The molecule has 0 spiro atoms. The Morgan fingerprint density at radius 2 is 2.04 bits per heavy atom. The van der Waals surface area contributed by atoms with Gasteiger partial charge >= 0.3 is 0 Å². The zero-order valence-electron chi connectivity index (χ0n) is 14.5. The topological polar surface area (TPSA) is 94.9 Å². The van der Waals surface area contributed by atoms with Crippen LogP contribution in [0.2, 0.25) is 4.34 Å². The van der Waals surface area contributed by atoms with E-state index in [-0.39, 0.29) is 24.3 Å². The quantitative estimate of drug-likeness (QED) is 0.709. The Bertz CT molecular complexity index is 814. The summed E-state index contributed by atoms with van der Waals surface area (Å²) in [5.41, 5.74) is 1.62. The molecule has 0 radical (unpaired) electrons. The van der Waals surface area contributed by atoms with E-state index in [1.165, 1.54) is 0 Å². The molecule has 8 heteroatoms. The van der Waals surface area contributed by atoms with Crippen LogP contribution in [-0.4, -0.2) is 29.4 Å². The van der Waals surface area contributed by atoms with Crippen LogP contribution in [0, 0.1) is 17.2 Å². The number of aromatic nitrogens is 1. The van der Waals surface area contributed by atoms with E-state index < -0.39 is 6.04 Å². The van der Waals surface area contributed by atoms with Crippen LogP contribution in [0.4, 0.5) is 0 Å². The lowest BCUT2D eigenvalue weighted by atomic mass is 10.0. The summed E-state index contributed by atoms with van der Waals surface area (Å²) in [5, 5.41) is 13.8. The summed E-state index contributed by atoms with van der Waals surface area (Å²) in [7, 11) is 0. The summed E-state index contributed by atoms with van der Waals surface area (Å²) in [6.07, 6.45) is 3.78. The molecule has 136 valence electrons. The van der Waals surface area contributed by atoms with Crippen LogP contribution in [-0.2, 0) is 4.79 Å². The molecule has 6 nitrogen and oxygen atoms in total. The molecule has 1 atom stereocenters. The molecule has 0 fully saturated rings. The van der Waals surface area contributed by atoms with Gasteiger partial charge in [-0.15, -0.1) is 11.3 Å². The molecular weight excluding hydrogens is 372 g/mol. The van der Waals surface area contributed by atoms with Crippen molar-refractivity contribution in [1.29, 1.82) is 5.26 Å². The van der Waals surface area contributed by atoms with E-state index in [2.05, 4.69) is 15.6 Å². The number of nitrogens with one attached hydrogen (secondary N) is 2. The maximum absolute atomic E-state index is 12.6. The molecule has 0 aliphatic rings. The molecule has 0 saturated carbocycles. The second kappa shape index (κ2) is 9.32. The molecule has 2 N–H and O–H groups in total. The fourth-order valence-corrected chi connectivity index (χ4v) is 3.61. The maximum atomic E-state index is 12.6. The summed E-state index contributed by atoms with van der Waals surface area (Å²) in [5.74, 6) is -0.534. The number of rotatable bonds is 7. The predicted octanol–water partition coefficient (Wildman–Crippen LogP) is 3.25. The van der Waals surface area contributed by atoms with Crippen molar-refractivity contribution in [1.82, 2.24) is 15.6 Å². The van der Waals surface area contributed by atoms with Gasteiger partial charge in [0.2, 0.25) is 5.91 Å². The highest BCUT2D eigenvalue weighted by molar-refractivity contribution is 7.18. The molecule has 0 aromatic carbocycles. The molecule has 0 aliphatic heterocycles. The number of hydrogen-bond donors (Lipinski definition) is 2. The van der Waals surface area contributed by atoms with E-state index >= 15 is 0 Å². The van der Waals surface area contributed by atoms with Gasteiger partial charge in [-0.1, -0.05) is 25.4 Å². The Balaban J connectivity index is 2.16. The SMILES string of the molecule is CC(C)C[C@H](NC(=O)c1cc(-c2ccncc2)c(Cl)s1)C(=O)NCC#N. The first-order valence-corrected chi connectivity index (χ1v) is 9.27. The van der Waals surface area contributed by atoms with Crippen LogP contribution in [0.3, 0.4) is 0 Å². The molecule has 2 aromatic rings. The lowest BCUT2D eigenvalue weighted by Gasteiger charge is -2.19. The van der Waals surface area contributed by atoms with Crippen LogP contribution in [0.5, 0.6) is 0 Å². The number of nitriles is 1. The van der Waals surface area contributed by atoms with Gasteiger partial charge in [0.1, 0.15) is 16.9 Å². The number of pyridine rings is 1. The molecule has 0 unspecified atom stereocenters. The van der Waals surface area contributed by atoms with Gasteiger partial charge in [-0.05, 0) is 36.1 Å². The molecular formula is C18H19ClN4O2S. The molecule has 0 aliphatic carbocycles. The van der Waals surface area contributed by atoms with Gasteiger partial charge in [-0.2, -0.15) is 5.26 Å². The van der Waals surface area contributed by atoms with Crippen LogP contribution < -0.4 is 10.6 Å². The van der Waals surface area contributed by atoms with Crippen molar-refractivity contribution in [2.45, 2.75) is 26.3 Å². The van der Waals surface area contributed by atoms with Crippen LogP contribution >= 0.6 is 22.9 Å². The number of thiophene rings is 1. The lowest BCUT2D eigenvalue weighted by molar-refractivity contribution is -0.123. The van der Waals surface area contributed by atoms with E-state index in [1.54, 1.807) is 18.5 Å². The van der Waals surface area contributed by atoms with E-state index in [1.807, 2.05) is 32.0 Å². The molecule has 2 aromatic heterocycles. The third-order valence-electron chi connectivity index (χ3n) is 3.57. The average Bonchev–Trinajstić information content (AvgIpc) is 3.01. The summed E-state index contributed by atoms with van der Waals surface area (Å²) in [6, 6.07) is 6.48. The van der Waals surface area contributed by atoms with Gasteiger partial charge in [0.05, 0.1) is 10.9 Å². The Labute approximate surface area is 161 Å². The highest BCUT2D eigenvalue weighted by Gasteiger charge is 2.24. The molecule has 0 bridgehead atoms. The molecule has 0 saturated heterocycles. The van der Waals surface area contributed by atoms with Gasteiger partial charge in [0.25, 0.3) is 5.91 Å². The number of hydrogen-bond acceptors (Lipinski definition) is 5. The smallest absolute Gasteiger partial charge is 0.262 e. The fraction of sp³-hybridized carbons (Fsp3) is 0.333. The van der Waals surface area contributed by atoms with Crippen LogP contribution in [0.1, 0.15) is 29.9 Å². The summed E-state index contributed by atoms with van der Waals surface area (Å²) < 4.78 is 0.496. The molecule has 2 amide bonds. The van der Waals surface area contributed by atoms with E-state index in [0.29, 0.717) is 15.6 Å². The molecule has 2 rings (SSSR count). The Hall–Kier alpha value is -2.43. The Kier molecular flexibility index (Phi) is 7.13. The Morgan fingerprint density at radius 3 is 2.65 bits per heavy atom. The highest BCUT2D eigenvalue weighted by Crippen LogP contribution is 2.35. The van der Waals surface area contributed by atoms with Gasteiger partial charge < -0.3 is 10.6 Å². The minimum Gasteiger partial charge on any atom is -0.341 e. The summed E-state index contributed by atoms with van der Waals surface area (Å²) >= 11 is 7.43. The van der Waals surface area contributed by atoms with E-state index in [0.717, 1.165) is 22.5 Å². The van der Waals surface area contributed by atoms with E-state index in [4.69, 9.17) is 16.9 Å². The molecule has 2 heterocycles. The first-order chi connectivity index (χ1) is 12.4. The predicted molar refractivity (Wildman–Crippen MR) is 102 cm³/mol. The monoisotopic (exact) mass is 390 g/mol. The first kappa shape index (κ1) is 19.9. The zero-order chi connectivity index (χ0) is 19.1. The molecule has 26 heavy (non-hydrogen) atoms. The number of nitrogens with zero attached hydrogens (tertiary/aromatic N) is 2. The van der Waals surface area contributed by atoms with Crippen molar-refractivity contribution in [3.05, 3.63) is 39.8 Å². The Morgan fingerprint density at radius 1 is 1.35 bits per heavy atom. The fourth-order valence-electron chi connectivity index (χ4n) is 2.39. The minimum absolute atomic E-state index is 0.0969. The van der Waals surface area contributed by atoms with E-state index in [9.17, 15) is 9.59 Å². The van der Waals surface area contributed by atoms with Crippen molar-refractivity contribution in [2.24, 2.45) is 5.92 Å².